The van der Waals surface area contributed by atoms with Crippen LogP contribution >= 0.6 is 0 Å². The van der Waals surface area contributed by atoms with Crippen LogP contribution in [0.2, 0.25) is 0 Å². The summed E-state index contributed by atoms with van der Waals surface area (Å²) in [6, 6.07) is 10.3. The van der Waals surface area contributed by atoms with Crippen molar-refractivity contribution in [2.45, 2.75) is 46.5 Å². The predicted octanol–water partition coefficient (Wildman–Crippen LogP) is 5.45. The third kappa shape index (κ3) is 5.27. The number of rotatable bonds is 4. The SMILES string of the molecule is CCC1=C(C)C(N2CCC(CC(=O)OC)CC2)=NC(C)=C(c2cnc3ccccc3c2)C=NC1. The number of piperidine rings is 1. The molecule has 1 aromatic heterocycles. The van der Waals surface area contributed by atoms with E-state index in [-0.39, 0.29) is 5.97 Å². The Morgan fingerprint density at radius 1 is 1.18 bits per heavy atom. The normalized spacial score (nSPS) is 18.0. The molecule has 6 nitrogen and oxygen atoms in total. The predicted molar refractivity (Wildman–Crippen MR) is 139 cm³/mol. The molecule has 0 bridgehead atoms. The number of benzene rings is 1. The first-order valence-corrected chi connectivity index (χ1v) is 12.2. The Labute approximate surface area is 202 Å². The van der Waals surface area contributed by atoms with E-state index in [2.05, 4.69) is 42.8 Å². The van der Waals surface area contributed by atoms with Crippen LogP contribution in [0.4, 0.5) is 0 Å². The van der Waals surface area contributed by atoms with E-state index in [0.29, 0.717) is 18.9 Å². The third-order valence-electron chi connectivity index (χ3n) is 6.96. The summed E-state index contributed by atoms with van der Waals surface area (Å²) in [7, 11) is 1.46. The number of pyridine rings is 1. The third-order valence-corrected chi connectivity index (χ3v) is 6.96. The minimum Gasteiger partial charge on any atom is -0.469 e. The van der Waals surface area contributed by atoms with Gasteiger partial charge < -0.3 is 9.64 Å². The molecule has 0 saturated carbocycles. The van der Waals surface area contributed by atoms with Gasteiger partial charge >= 0.3 is 5.97 Å². The van der Waals surface area contributed by atoms with Crippen LogP contribution in [0, 0.1) is 5.92 Å². The molecule has 0 N–H and O–H groups in total. The second-order valence-electron chi connectivity index (χ2n) is 9.11. The molecule has 0 radical (unpaired) electrons. The molecule has 2 aliphatic rings. The summed E-state index contributed by atoms with van der Waals surface area (Å²) in [5.74, 6) is 1.28. The van der Waals surface area contributed by atoms with Crippen LogP contribution in [0.1, 0.15) is 52.0 Å². The molecular formula is C28H34N4O2. The lowest BCUT2D eigenvalue weighted by atomic mass is 9.93. The van der Waals surface area contributed by atoms with Gasteiger partial charge in [-0.3, -0.25) is 14.8 Å². The first kappa shape index (κ1) is 23.9. The first-order chi connectivity index (χ1) is 16.5. The van der Waals surface area contributed by atoms with Gasteiger partial charge in [0, 0.05) is 54.1 Å². The smallest absolute Gasteiger partial charge is 0.305 e. The monoisotopic (exact) mass is 458 g/mol. The average Bonchev–Trinajstić information content (AvgIpc) is 2.92. The van der Waals surface area contributed by atoms with E-state index in [1.165, 1.54) is 18.3 Å². The number of amidine groups is 1. The van der Waals surface area contributed by atoms with Crippen molar-refractivity contribution in [3.63, 3.8) is 0 Å². The fraction of sp³-hybridized carbons (Fsp3) is 0.429. The molecule has 4 rings (SSSR count). The summed E-state index contributed by atoms with van der Waals surface area (Å²) < 4.78 is 4.87. The maximum Gasteiger partial charge on any atom is 0.305 e. The van der Waals surface area contributed by atoms with Crippen LogP contribution in [-0.4, -0.2) is 54.6 Å². The molecule has 0 aliphatic carbocycles. The second kappa shape index (κ2) is 10.8. The van der Waals surface area contributed by atoms with Crippen LogP contribution in [0.3, 0.4) is 0 Å². The lowest BCUT2D eigenvalue weighted by Gasteiger charge is -2.34. The molecule has 0 spiro atoms. The molecule has 6 heteroatoms. The highest BCUT2D eigenvalue weighted by Crippen LogP contribution is 2.27. The zero-order chi connectivity index (χ0) is 24.1. The molecule has 34 heavy (non-hydrogen) atoms. The fourth-order valence-electron chi connectivity index (χ4n) is 4.77. The summed E-state index contributed by atoms with van der Waals surface area (Å²) >= 11 is 0. The molecular weight excluding hydrogens is 424 g/mol. The lowest BCUT2D eigenvalue weighted by Crippen LogP contribution is -2.40. The number of carbonyl (C=O) groups is 1. The van der Waals surface area contributed by atoms with E-state index in [4.69, 9.17) is 14.7 Å². The number of hydrogen-bond acceptors (Lipinski definition) is 6. The highest BCUT2D eigenvalue weighted by molar-refractivity contribution is 6.12. The van der Waals surface area contributed by atoms with Crippen LogP contribution < -0.4 is 0 Å². The molecule has 3 heterocycles. The zero-order valence-electron chi connectivity index (χ0n) is 20.7. The molecule has 1 fully saturated rings. The van der Waals surface area contributed by atoms with E-state index in [1.54, 1.807) is 0 Å². The van der Waals surface area contributed by atoms with Gasteiger partial charge in [-0.2, -0.15) is 0 Å². The number of esters is 1. The maximum absolute atomic E-state index is 11.7. The second-order valence-corrected chi connectivity index (χ2v) is 9.11. The van der Waals surface area contributed by atoms with E-state index < -0.39 is 0 Å². The minimum atomic E-state index is -0.118. The molecule has 2 aliphatic heterocycles. The van der Waals surface area contributed by atoms with E-state index in [1.807, 2.05) is 30.6 Å². The molecule has 0 amide bonds. The Kier molecular flexibility index (Phi) is 7.56. The number of carbonyl (C=O) groups excluding carboxylic acids is 1. The summed E-state index contributed by atoms with van der Waals surface area (Å²) in [6.45, 7) is 8.85. The van der Waals surface area contributed by atoms with E-state index in [0.717, 1.165) is 65.9 Å². The number of aromatic nitrogens is 1. The Morgan fingerprint density at radius 3 is 2.68 bits per heavy atom. The number of allylic oxidation sites excluding steroid dienone is 2. The number of aliphatic imine (C=N–C) groups is 2. The maximum atomic E-state index is 11.7. The quantitative estimate of drug-likeness (QED) is 0.572. The van der Waals surface area contributed by atoms with Crippen molar-refractivity contribution in [1.82, 2.24) is 9.88 Å². The number of likely N-dealkylation sites (tertiary alicyclic amines) is 1. The fourth-order valence-corrected chi connectivity index (χ4v) is 4.77. The zero-order valence-corrected chi connectivity index (χ0v) is 20.7. The summed E-state index contributed by atoms with van der Waals surface area (Å²) in [6.07, 6.45) is 7.23. The highest BCUT2D eigenvalue weighted by Gasteiger charge is 2.25. The van der Waals surface area contributed by atoms with Crippen molar-refractivity contribution in [3.8, 4) is 0 Å². The van der Waals surface area contributed by atoms with Crippen molar-refractivity contribution >= 4 is 34.5 Å². The van der Waals surface area contributed by atoms with Gasteiger partial charge in [-0.15, -0.1) is 0 Å². The standard InChI is InChI=1S/C28H34N4O2/c1-5-22-16-29-18-25(24-15-23-8-6-7-9-26(23)30-17-24)20(3)31-28(19(22)2)32-12-10-21(11-13-32)14-27(33)34-4/h6-9,15,17-18,21H,5,10-14,16H2,1-4H3. The van der Waals surface area contributed by atoms with Crippen LogP contribution in [0.25, 0.3) is 16.5 Å². The Bertz CT molecular complexity index is 1180. The van der Waals surface area contributed by atoms with Gasteiger partial charge in [0.05, 0.1) is 19.2 Å². The van der Waals surface area contributed by atoms with Crippen molar-refractivity contribution in [2.75, 3.05) is 26.7 Å². The van der Waals surface area contributed by atoms with Crippen molar-refractivity contribution in [3.05, 3.63) is 58.9 Å². The molecule has 2 aromatic rings. The summed E-state index contributed by atoms with van der Waals surface area (Å²) in [5, 5.41) is 1.11. The molecule has 178 valence electrons. The number of para-hydroxylation sites is 1. The summed E-state index contributed by atoms with van der Waals surface area (Å²) in [4.78, 5) is 28.8. The average molecular weight is 459 g/mol. The van der Waals surface area contributed by atoms with Gasteiger partial charge in [-0.05, 0) is 62.3 Å². The van der Waals surface area contributed by atoms with E-state index >= 15 is 0 Å². The summed E-state index contributed by atoms with van der Waals surface area (Å²) in [5.41, 5.74) is 6.46. The highest BCUT2D eigenvalue weighted by atomic mass is 16.5. The van der Waals surface area contributed by atoms with Gasteiger partial charge in [0.2, 0.25) is 0 Å². The number of nitrogens with zero attached hydrogens (tertiary/aromatic N) is 4. The molecule has 0 atom stereocenters. The Balaban J connectivity index is 1.69. The van der Waals surface area contributed by atoms with Gasteiger partial charge in [0.1, 0.15) is 5.84 Å². The van der Waals surface area contributed by atoms with Crippen molar-refractivity contribution in [2.24, 2.45) is 15.9 Å². The Morgan fingerprint density at radius 2 is 1.94 bits per heavy atom. The van der Waals surface area contributed by atoms with Gasteiger partial charge in [-0.25, -0.2) is 4.99 Å². The lowest BCUT2D eigenvalue weighted by molar-refractivity contribution is -0.142. The molecule has 0 unspecified atom stereocenters. The minimum absolute atomic E-state index is 0.118. The molecule has 1 saturated heterocycles. The number of ether oxygens (including phenoxy) is 1. The Hall–Kier alpha value is -3.28. The van der Waals surface area contributed by atoms with Crippen molar-refractivity contribution < 1.29 is 9.53 Å². The van der Waals surface area contributed by atoms with Crippen LogP contribution in [0.15, 0.2) is 63.4 Å². The first-order valence-electron chi connectivity index (χ1n) is 12.2. The van der Waals surface area contributed by atoms with Gasteiger partial charge in [-0.1, -0.05) is 25.1 Å². The number of fused-ring (bicyclic) bond motifs is 1. The van der Waals surface area contributed by atoms with Gasteiger partial charge in [0.15, 0.2) is 0 Å². The van der Waals surface area contributed by atoms with Gasteiger partial charge in [0.25, 0.3) is 0 Å². The van der Waals surface area contributed by atoms with Crippen molar-refractivity contribution in [1.29, 1.82) is 0 Å². The van der Waals surface area contributed by atoms with E-state index in [9.17, 15) is 4.79 Å². The molecule has 1 aromatic carbocycles. The number of hydrogen-bond donors (Lipinski definition) is 0. The van der Waals surface area contributed by atoms with Crippen LogP contribution in [-0.2, 0) is 9.53 Å². The number of methoxy groups -OCH3 is 1. The van der Waals surface area contributed by atoms with Crippen LogP contribution in [0.5, 0.6) is 0 Å². The largest absolute Gasteiger partial charge is 0.469 e. The topological polar surface area (TPSA) is 67.2 Å².